The zero-order valence-corrected chi connectivity index (χ0v) is 24.5. The van der Waals surface area contributed by atoms with Gasteiger partial charge < -0.3 is 38.5 Å². The number of nitrogens with zero attached hydrogens (tertiary/aromatic N) is 2. The Balaban J connectivity index is 1.29. The minimum atomic E-state index is -1.33. The van der Waals surface area contributed by atoms with Crippen LogP contribution in [0.3, 0.4) is 0 Å². The predicted molar refractivity (Wildman–Crippen MR) is 152 cm³/mol. The molecule has 1 N–H and O–H groups in total. The smallest absolute Gasteiger partial charge is 0.458 e. The monoisotopic (exact) mass is 641 g/mol. The van der Waals surface area contributed by atoms with Gasteiger partial charge in [-0.25, -0.2) is 18.4 Å². The van der Waals surface area contributed by atoms with E-state index in [0.29, 0.717) is 19.1 Å². The maximum Gasteiger partial charge on any atom is 0.511 e. The van der Waals surface area contributed by atoms with E-state index in [9.17, 15) is 32.8 Å². The number of rotatable bonds is 10. The SMILES string of the molecule is CC1CCOC2Cn3cc(C(=O)NCc4ccc(F)cc4F)c(=O)c(OCOC(=O)OCC(=O)OCc4ccccc4)c3C(=O)N12. The van der Waals surface area contributed by atoms with Crippen molar-refractivity contribution in [1.82, 2.24) is 14.8 Å². The predicted octanol–water partition coefficient (Wildman–Crippen LogP) is 2.88. The zero-order valence-electron chi connectivity index (χ0n) is 24.5. The maximum atomic E-state index is 14.1. The van der Waals surface area contributed by atoms with E-state index in [1.165, 1.54) is 9.47 Å². The Morgan fingerprint density at radius 1 is 1.04 bits per heavy atom. The third-order valence-electron chi connectivity index (χ3n) is 7.29. The number of hydrogen-bond donors (Lipinski definition) is 1. The highest BCUT2D eigenvalue weighted by Crippen LogP contribution is 2.30. The molecule has 2 atom stereocenters. The summed E-state index contributed by atoms with van der Waals surface area (Å²) >= 11 is 0. The van der Waals surface area contributed by atoms with E-state index in [-0.39, 0.29) is 37.0 Å². The van der Waals surface area contributed by atoms with Gasteiger partial charge in [-0.15, -0.1) is 0 Å². The number of pyridine rings is 1. The molecule has 0 saturated carbocycles. The largest absolute Gasteiger partial charge is 0.511 e. The van der Waals surface area contributed by atoms with Crippen molar-refractivity contribution in [2.24, 2.45) is 0 Å². The number of carbonyl (C=O) groups is 4. The molecule has 3 heterocycles. The van der Waals surface area contributed by atoms with E-state index in [4.69, 9.17) is 23.7 Å². The minimum Gasteiger partial charge on any atom is -0.458 e. The summed E-state index contributed by atoms with van der Waals surface area (Å²) in [5, 5.41) is 2.40. The molecule has 0 bridgehead atoms. The molecular weight excluding hydrogens is 612 g/mol. The number of esters is 1. The number of ether oxygens (including phenoxy) is 5. The van der Waals surface area contributed by atoms with E-state index >= 15 is 0 Å². The molecule has 0 radical (unpaired) electrons. The van der Waals surface area contributed by atoms with Crippen LogP contribution in [0.4, 0.5) is 13.6 Å². The molecule has 1 fully saturated rings. The maximum absolute atomic E-state index is 14.1. The fraction of sp³-hybridized carbons (Fsp3) is 0.323. The van der Waals surface area contributed by atoms with Gasteiger partial charge in [0.1, 0.15) is 23.8 Å². The molecule has 13 nitrogen and oxygen atoms in total. The highest BCUT2D eigenvalue weighted by Gasteiger charge is 2.41. The summed E-state index contributed by atoms with van der Waals surface area (Å²) in [5.74, 6) is -4.66. The van der Waals surface area contributed by atoms with Crippen LogP contribution in [0.5, 0.6) is 5.75 Å². The van der Waals surface area contributed by atoms with Gasteiger partial charge in [-0.3, -0.25) is 14.4 Å². The molecule has 1 aromatic heterocycles. The molecule has 1 saturated heterocycles. The van der Waals surface area contributed by atoms with Crippen molar-refractivity contribution in [2.45, 2.75) is 45.3 Å². The molecule has 0 spiro atoms. The van der Waals surface area contributed by atoms with Crippen molar-refractivity contribution in [3.05, 3.63) is 99.0 Å². The average molecular weight is 642 g/mol. The van der Waals surface area contributed by atoms with Gasteiger partial charge in [-0.1, -0.05) is 36.4 Å². The molecule has 2 aromatic carbocycles. The Hall–Kier alpha value is -5.31. The fourth-order valence-corrected chi connectivity index (χ4v) is 4.95. The molecule has 2 aliphatic rings. The lowest BCUT2D eigenvalue weighted by Crippen LogP contribution is -2.57. The second-order valence-corrected chi connectivity index (χ2v) is 10.4. The van der Waals surface area contributed by atoms with Crippen molar-refractivity contribution in [2.75, 3.05) is 20.0 Å². The highest BCUT2D eigenvalue weighted by molar-refractivity contribution is 5.99. The van der Waals surface area contributed by atoms with E-state index < -0.39 is 71.9 Å². The first-order chi connectivity index (χ1) is 22.1. The van der Waals surface area contributed by atoms with Crippen LogP contribution in [0.2, 0.25) is 0 Å². The van der Waals surface area contributed by atoms with Gasteiger partial charge in [0.25, 0.3) is 11.8 Å². The number of benzene rings is 2. The van der Waals surface area contributed by atoms with E-state index in [2.05, 4.69) is 5.32 Å². The number of hydrogen-bond acceptors (Lipinski definition) is 10. The first kappa shape index (κ1) is 32.1. The van der Waals surface area contributed by atoms with Crippen molar-refractivity contribution in [3.8, 4) is 5.75 Å². The standard InChI is InChI=1S/C31H29F2N3O10/c1-18-9-10-42-24-14-35-13-22(29(39)34-12-20-7-8-21(32)11-23(20)33)27(38)28(26(35)30(40)36(18)24)45-17-46-31(41)44-16-25(37)43-15-19-5-3-2-4-6-19/h2-8,11,13,18,24H,9-10,12,14-17H2,1H3,(H,34,39). The van der Waals surface area contributed by atoms with Crippen LogP contribution in [0.15, 0.2) is 59.5 Å². The van der Waals surface area contributed by atoms with E-state index in [1.807, 2.05) is 6.92 Å². The van der Waals surface area contributed by atoms with Gasteiger partial charge in [0, 0.05) is 30.4 Å². The second kappa shape index (κ2) is 14.2. The first-order valence-corrected chi connectivity index (χ1v) is 14.2. The van der Waals surface area contributed by atoms with Crippen molar-refractivity contribution >= 4 is 23.9 Å². The average Bonchev–Trinajstić information content (AvgIpc) is 3.03. The molecule has 15 heteroatoms. The number of carbonyl (C=O) groups excluding carboxylic acids is 4. The van der Waals surface area contributed by atoms with Crippen LogP contribution in [-0.4, -0.2) is 65.7 Å². The molecular formula is C31H29F2N3O10. The van der Waals surface area contributed by atoms with Crippen molar-refractivity contribution in [3.63, 3.8) is 0 Å². The van der Waals surface area contributed by atoms with Gasteiger partial charge in [-0.2, -0.15) is 0 Å². The number of fused-ring (bicyclic) bond motifs is 2. The zero-order chi connectivity index (χ0) is 32.8. The summed E-state index contributed by atoms with van der Waals surface area (Å²) in [6, 6.07) is 11.4. The van der Waals surface area contributed by atoms with E-state index in [1.54, 1.807) is 30.3 Å². The number of amides is 2. The van der Waals surface area contributed by atoms with Gasteiger partial charge in [0.2, 0.25) is 18.0 Å². The van der Waals surface area contributed by atoms with Crippen molar-refractivity contribution < 1.29 is 51.6 Å². The molecule has 2 unspecified atom stereocenters. The summed E-state index contributed by atoms with van der Waals surface area (Å²) in [7, 11) is 0. The highest BCUT2D eigenvalue weighted by atomic mass is 19.1. The van der Waals surface area contributed by atoms with Gasteiger partial charge in [0.05, 0.1) is 13.2 Å². The summed E-state index contributed by atoms with van der Waals surface area (Å²) in [6.45, 7) is 0.164. The Morgan fingerprint density at radius 3 is 2.59 bits per heavy atom. The first-order valence-electron chi connectivity index (χ1n) is 14.2. The molecule has 46 heavy (non-hydrogen) atoms. The quantitative estimate of drug-likeness (QED) is 0.259. The second-order valence-electron chi connectivity index (χ2n) is 10.4. The van der Waals surface area contributed by atoms with Crippen LogP contribution in [0.25, 0.3) is 0 Å². The molecule has 2 aliphatic heterocycles. The van der Waals surface area contributed by atoms with Gasteiger partial charge in [-0.05, 0) is 25.0 Å². The molecule has 0 aliphatic carbocycles. The topological polar surface area (TPSA) is 152 Å². The molecule has 5 rings (SSSR count). The Morgan fingerprint density at radius 2 is 1.83 bits per heavy atom. The van der Waals surface area contributed by atoms with Crippen LogP contribution in [-0.2, 0) is 43.4 Å². The van der Waals surface area contributed by atoms with Gasteiger partial charge in [0.15, 0.2) is 18.5 Å². The number of aromatic nitrogens is 1. The summed E-state index contributed by atoms with van der Waals surface area (Å²) in [5.41, 5.74) is -0.986. The van der Waals surface area contributed by atoms with Crippen molar-refractivity contribution in [1.29, 1.82) is 0 Å². The third kappa shape index (κ3) is 7.31. The summed E-state index contributed by atoms with van der Waals surface area (Å²) < 4.78 is 54.5. The Kier molecular flexibility index (Phi) is 9.91. The van der Waals surface area contributed by atoms with Crippen LogP contribution < -0.4 is 15.5 Å². The lowest BCUT2D eigenvalue weighted by Gasteiger charge is -2.44. The van der Waals surface area contributed by atoms with Crippen LogP contribution >= 0.6 is 0 Å². The summed E-state index contributed by atoms with van der Waals surface area (Å²) in [4.78, 5) is 65.7. The number of halogens is 2. The Labute approximate surface area is 260 Å². The van der Waals surface area contributed by atoms with Crippen LogP contribution in [0, 0.1) is 11.6 Å². The lowest BCUT2D eigenvalue weighted by atomic mass is 10.1. The number of nitrogens with one attached hydrogen (secondary N) is 1. The molecule has 2 amide bonds. The van der Waals surface area contributed by atoms with Crippen LogP contribution in [0.1, 0.15) is 45.3 Å². The lowest BCUT2D eigenvalue weighted by molar-refractivity contribution is -0.149. The Bertz CT molecular complexity index is 1700. The molecule has 242 valence electrons. The minimum absolute atomic E-state index is 0.0319. The van der Waals surface area contributed by atoms with Gasteiger partial charge >= 0.3 is 12.1 Å². The third-order valence-corrected chi connectivity index (χ3v) is 7.29. The molecule has 3 aromatic rings. The summed E-state index contributed by atoms with van der Waals surface area (Å²) in [6.07, 6.45) is -0.303. The van der Waals surface area contributed by atoms with E-state index in [0.717, 1.165) is 23.9 Å². The normalized spacial score (nSPS) is 16.9. The fourth-order valence-electron chi connectivity index (χ4n) is 4.95.